The Hall–Kier alpha value is -3.19. The molecule has 33 heavy (non-hydrogen) atoms. The summed E-state index contributed by atoms with van der Waals surface area (Å²) in [7, 11) is 0. The van der Waals surface area contributed by atoms with Gasteiger partial charge in [-0.15, -0.1) is 0 Å². The van der Waals surface area contributed by atoms with Crippen LogP contribution in [0.15, 0.2) is 54.4 Å². The summed E-state index contributed by atoms with van der Waals surface area (Å²) < 4.78 is 5.71. The highest BCUT2D eigenvalue weighted by molar-refractivity contribution is 6.46. The zero-order valence-corrected chi connectivity index (χ0v) is 19.8. The molecule has 1 aliphatic heterocycles. The zero-order chi connectivity index (χ0) is 24.0. The van der Waals surface area contributed by atoms with Crippen molar-refractivity contribution in [1.29, 1.82) is 0 Å². The molecule has 2 heterocycles. The van der Waals surface area contributed by atoms with Crippen molar-refractivity contribution in [3.63, 3.8) is 0 Å². The van der Waals surface area contributed by atoms with E-state index in [-0.39, 0.29) is 11.3 Å². The van der Waals surface area contributed by atoms with Crippen LogP contribution in [-0.2, 0) is 9.59 Å². The Bertz CT molecular complexity index is 982. The number of pyridine rings is 1. The number of hydrogen-bond acceptors (Lipinski definition) is 6. The van der Waals surface area contributed by atoms with Gasteiger partial charge in [0.15, 0.2) is 0 Å². The number of carbonyl (C=O) groups excluding carboxylic acids is 2. The fraction of sp³-hybridized carbons (Fsp3) is 0.423. The standard InChI is InChI=1S/C26H33N3O4/c1-5-28(6-2)14-15-29-23(20-8-7-13-27-16-20)22(25(31)26(29)32)24(30)19-9-11-21(12-10-19)33-17-18(3)4/h7-13,16,18,23,30H,5-6,14-15,17H2,1-4H3/b24-22+/t23-/m1/s1. The number of ketones is 1. The molecule has 7 heteroatoms. The summed E-state index contributed by atoms with van der Waals surface area (Å²) in [6.45, 7) is 11.6. The first-order chi connectivity index (χ1) is 15.9. The number of benzene rings is 1. The summed E-state index contributed by atoms with van der Waals surface area (Å²) in [5, 5.41) is 11.1. The van der Waals surface area contributed by atoms with Gasteiger partial charge in [-0.2, -0.15) is 0 Å². The number of likely N-dealkylation sites (tertiary alicyclic amines) is 1. The van der Waals surface area contributed by atoms with Crippen molar-refractivity contribution >= 4 is 17.4 Å². The quantitative estimate of drug-likeness (QED) is 0.335. The van der Waals surface area contributed by atoms with E-state index in [0.29, 0.717) is 42.5 Å². The fourth-order valence-corrected chi connectivity index (χ4v) is 3.91. The molecular weight excluding hydrogens is 418 g/mol. The Kier molecular flexibility index (Phi) is 8.22. The predicted octanol–water partition coefficient (Wildman–Crippen LogP) is 3.88. The van der Waals surface area contributed by atoms with E-state index in [1.165, 1.54) is 0 Å². The van der Waals surface area contributed by atoms with Gasteiger partial charge in [0.2, 0.25) is 0 Å². The third kappa shape index (κ3) is 5.60. The van der Waals surface area contributed by atoms with Crippen LogP contribution >= 0.6 is 0 Å². The second-order valence-corrected chi connectivity index (χ2v) is 8.53. The van der Waals surface area contributed by atoms with Gasteiger partial charge in [0, 0.05) is 31.0 Å². The summed E-state index contributed by atoms with van der Waals surface area (Å²) >= 11 is 0. The highest BCUT2D eigenvalue weighted by atomic mass is 16.5. The molecule has 1 atom stereocenters. The van der Waals surface area contributed by atoms with E-state index in [2.05, 4.69) is 37.6 Å². The molecule has 0 saturated carbocycles. The number of hydrogen-bond donors (Lipinski definition) is 1. The van der Waals surface area contributed by atoms with E-state index < -0.39 is 17.7 Å². The predicted molar refractivity (Wildman–Crippen MR) is 128 cm³/mol. The van der Waals surface area contributed by atoms with Gasteiger partial charge < -0.3 is 19.6 Å². The first kappa shape index (κ1) is 24.5. The molecule has 0 unspecified atom stereocenters. The minimum atomic E-state index is -0.689. The Morgan fingerprint density at radius 2 is 1.85 bits per heavy atom. The molecule has 176 valence electrons. The van der Waals surface area contributed by atoms with E-state index in [0.717, 1.165) is 13.1 Å². The lowest BCUT2D eigenvalue weighted by Crippen LogP contribution is -2.38. The van der Waals surface area contributed by atoms with Gasteiger partial charge in [-0.1, -0.05) is 33.8 Å². The summed E-state index contributed by atoms with van der Waals surface area (Å²) in [5.41, 5.74) is 1.24. The van der Waals surface area contributed by atoms with E-state index in [4.69, 9.17) is 4.74 Å². The molecule has 3 rings (SSSR count). The average molecular weight is 452 g/mol. The highest BCUT2D eigenvalue weighted by Crippen LogP contribution is 2.39. The van der Waals surface area contributed by atoms with Gasteiger partial charge in [-0.3, -0.25) is 14.6 Å². The molecule has 1 amide bonds. The molecule has 1 aromatic carbocycles. The van der Waals surface area contributed by atoms with Gasteiger partial charge in [0.25, 0.3) is 11.7 Å². The van der Waals surface area contributed by atoms with Crippen molar-refractivity contribution in [1.82, 2.24) is 14.8 Å². The number of likely N-dealkylation sites (N-methyl/N-ethyl adjacent to an activating group) is 1. The van der Waals surface area contributed by atoms with Gasteiger partial charge >= 0.3 is 0 Å². The topological polar surface area (TPSA) is 83.0 Å². The molecule has 1 aromatic heterocycles. The number of carbonyl (C=O) groups is 2. The van der Waals surface area contributed by atoms with Crippen LogP contribution in [0.2, 0.25) is 0 Å². The third-order valence-corrected chi connectivity index (χ3v) is 5.80. The Morgan fingerprint density at radius 1 is 1.15 bits per heavy atom. The number of rotatable bonds is 10. The summed E-state index contributed by atoms with van der Waals surface area (Å²) in [5.74, 6) is -0.396. The summed E-state index contributed by atoms with van der Waals surface area (Å²) in [6.07, 6.45) is 3.28. The van der Waals surface area contributed by atoms with Crippen molar-refractivity contribution in [3.8, 4) is 5.75 Å². The van der Waals surface area contributed by atoms with Gasteiger partial charge in [0.05, 0.1) is 18.2 Å². The SMILES string of the molecule is CCN(CC)CCN1C(=O)C(=O)/C(=C(/O)c2ccc(OCC(C)C)cc2)[C@H]1c1cccnc1. The molecule has 7 nitrogen and oxygen atoms in total. The molecule has 1 aliphatic rings. The van der Waals surface area contributed by atoms with Gasteiger partial charge in [-0.05, 0) is 54.9 Å². The van der Waals surface area contributed by atoms with Crippen LogP contribution in [0.5, 0.6) is 5.75 Å². The minimum absolute atomic E-state index is 0.0865. The Labute approximate surface area is 195 Å². The minimum Gasteiger partial charge on any atom is -0.507 e. The van der Waals surface area contributed by atoms with Crippen molar-refractivity contribution in [2.45, 2.75) is 33.7 Å². The van der Waals surface area contributed by atoms with E-state index in [9.17, 15) is 14.7 Å². The molecule has 0 radical (unpaired) electrons. The normalized spacial score (nSPS) is 17.9. The van der Waals surface area contributed by atoms with Gasteiger partial charge in [-0.25, -0.2) is 0 Å². The van der Waals surface area contributed by atoms with E-state index >= 15 is 0 Å². The Morgan fingerprint density at radius 3 is 2.42 bits per heavy atom. The summed E-state index contributed by atoms with van der Waals surface area (Å²) in [6, 6.07) is 9.82. The molecule has 1 saturated heterocycles. The lowest BCUT2D eigenvalue weighted by molar-refractivity contribution is -0.140. The molecule has 2 aromatic rings. The largest absolute Gasteiger partial charge is 0.507 e. The first-order valence-corrected chi connectivity index (χ1v) is 11.5. The zero-order valence-electron chi connectivity index (χ0n) is 19.8. The van der Waals surface area contributed by atoms with Crippen molar-refractivity contribution in [2.75, 3.05) is 32.8 Å². The molecule has 0 aliphatic carbocycles. The van der Waals surface area contributed by atoms with E-state index in [1.54, 1.807) is 47.6 Å². The third-order valence-electron chi connectivity index (χ3n) is 5.80. The molecular formula is C26H33N3O4. The van der Waals surface area contributed by atoms with Gasteiger partial charge in [0.1, 0.15) is 11.5 Å². The molecule has 1 fully saturated rings. The monoisotopic (exact) mass is 451 g/mol. The first-order valence-electron chi connectivity index (χ1n) is 11.5. The van der Waals surface area contributed by atoms with Crippen LogP contribution in [0.1, 0.15) is 44.9 Å². The van der Waals surface area contributed by atoms with Crippen molar-refractivity contribution in [2.24, 2.45) is 5.92 Å². The lowest BCUT2D eigenvalue weighted by Gasteiger charge is -2.28. The van der Waals surface area contributed by atoms with Crippen LogP contribution in [0.3, 0.4) is 0 Å². The highest BCUT2D eigenvalue weighted by Gasteiger charge is 2.46. The molecule has 1 N–H and O–H groups in total. The summed E-state index contributed by atoms with van der Waals surface area (Å²) in [4.78, 5) is 34.0. The second kappa shape index (κ2) is 11.1. The van der Waals surface area contributed by atoms with Crippen molar-refractivity contribution in [3.05, 3.63) is 65.5 Å². The van der Waals surface area contributed by atoms with Crippen LogP contribution in [0.25, 0.3) is 5.76 Å². The fourth-order valence-electron chi connectivity index (χ4n) is 3.91. The molecule has 0 spiro atoms. The van der Waals surface area contributed by atoms with Crippen LogP contribution in [-0.4, -0.2) is 64.4 Å². The molecule has 0 bridgehead atoms. The Balaban J connectivity index is 1.98. The lowest BCUT2D eigenvalue weighted by atomic mass is 9.96. The maximum absolute atomic E-state index is 13.1. The smallest absolute Gasteiger partial charge is 0.295 e. The number of nitrogens with zero attached hydrogens (tertiary/aromatic N) is 3. The maximum Gasteiger partial charge on any atom is 0.295 e. The van der Waals surface area contributed by atoms with Crippen LogP contribution < -0.4 is 4.74 Å². The van der Waals surface area contributed by atoms with E-state index in [1.807, 2.05) is 6.07 Å². The number of aliphatic hydroxyl groups is 1. The number of amides is 1. The number of ether oxygens (including phenoxy) is 1. The number of Topliss-reactive ketones (excluding diaryl/α,β-unsaturated/α-hetero) is 1. The number of aromatic nitrogens is 1. The second-order valence-electron chi connectivity index (χ2n) is 8.53. The maximum atomic E-state index is 13.1. The van der Waals surface area contributed by atoms with Crippen LogP contribution in [0.4, 0.5) is 0 Å². The van der Waals surface area contributed by atoms with Crippen LogP contribution in [0, 0.1) is 5.92 Å². The van der Waals surface area contributed by atoms with Crippen molar-refractivity contribution < 1.29 is 19.4 Å². The average Bonchev–Trinajstić information content (AvgIpc) is 3.08. The number of aliphatic hydroxyl groups excluding tert-OH is 1.